The molecule has 0 bridgehead atoms. The van der Waals surface area contributed by atoms with Crippen molar-refractivity contribution >= 4 is 49.6 Å². The molecule has 0 aliphatic rings. The van der Waals surface area contributed by atoms with E-state index >= 15 is 0 Å². The lowest BCUT2D eigenvalue weighted by molar-refractivity contribution is -0.305. The number of halogens is 2. The summed E-state index contributed by atoms with van der Waals surface area (Å²) >= 11 is 6.66. The van der Waals surface area contributed by atoms with Gasteiger partial charge in [0, 0.05) is 16.9 Å². The number of hydrazine groups is 1. The molecule has 7 nitrogen and oxygen atoms in total. The molecule has 1 aromatic rings. The van der Waals surface area contributed by atoms with Gasteiger partial charge in [-0.1, -0.05) is 15.9 Å². The van der Waals surface area contributed by atoms with Gasteiger partial charge < -0.3 is 14.6 Å². The fourth-order valence-corrected chi connectivity index (χ4v) is 3.02. The van der Waals surface area contributed by atoms with Crippen molar-refractivity contribution in [2.45, 2.75) is 19.8 Å². The minimum atomic E-state index is -1.33. The predicted molar refractivity (Wildman–Crippen MR) is 82.6 cm³/mol. The molecule has 1 aromatic carbocycles. The minimum Gasteiger partial charge on any atom is -0.550 e. The number of carbonyl (C=O) groups excluding carboxylic acids is 3. The summed E-state index contributed by atoms with van der Waals surface area (Å²) < 4.78 is 6.93. The van der Waals surface area contributed by atoms with Crippen molar-refractivity contribution in [3.05, 3.63) is 26.6 Å². The van der Waals surface area contributed by atoms with Gasteiger partial charge in [-0.05, 0) is 47.0 Å². The number of nitrogens with one attached hydrogen (secondary N) is 2. The van der Waals surface area contributed by atoms with Crippen LogP contribution in [0.1, 0.15) is 18.4 Å². The third-order valence-corrected chi connectivity index (χ3v) is 3.49. The smallest absolute Gasteiger partial charge is 0.276 e. The molecule has 22 heavy (non-hydrogen) atoms. The van der Waals surface area contributed by atoms with E-state index in [-0.39, 0.29) is 13.0 Å². The number of amides is 2. The van der Waals surface area contributed by atoms with Gasteiger partial charge in [-0.3, -0.25) is 20.4 Å². The van der Waals surface area contributed by atoms with Crippen LogP contribution in [0.4, 0.5) is 0 Å². The van der Waals surface area contributed by atoms with E-state index in [1.165, 1.54) is 0 Å². The molecule has 2 N–H and O–H groups in total. The second-order valence-electron chi connectivity index (χ2n) is 4.29. The predicted octanol–water partition coefficient (Wildman–Crippen LogP) is 0.576. The molecular weight excluding hydrogens is 424 g/mol. The van der Waals surface area contributed by atoms with Crippen LogP contribution < -0.4 is 20.7 Å². The van der Waals surface area contributed by atoms with Crippen molar-refractivity contribution in [1.29, 1.82) is 0 Å². The molecule has 0 aliphatic carbocycles. The van der Waals surface area contributed by atoms with Crippen molar-refractivity contribution < 1.29 is 24.2 Å². The number of hydrogen-bond acceptors (Lipinski definition) is 5. The lowest BCUT2D eigenvalue weighted by atomic mass is 10.2. The first-order chi connectivity index (χ1) is 10.3. The summed E-state index contributed by atoms with van der Waals surface area (Å²) in [6, 6.07) is 3.61. The van der Waals surface area contributed by atoms with Crippen LogP contribution in [0.2, 0.25) is 0 Å². The first kappa shape index (κ1) is 18.4. The zero-order valence-corrected chi connectivity index (χ0v) is 14.7. The molecule has 0 fully saturated rings. The maximum Gasteiger partial charge on any atom is 0.276 e. The molecule has 0 aliphatic heterocycles. The topological polar surface area (TPSA) is 108 Å². The molecule has 0 spiro atoms. The Bertz CT molecular complexity index is 569. The van der Waals surface area contributed by atoms with Gasteiger partial charge in [-0.25, -0.2) is 0 Å². The van der Waals surface area contributed by atoms with Gasteiger partial charge in [0.15, 0.2) is 6.61 Å². The maximum absolute atomic E-state index is 11.5. The lowest BCUT2D eigenvalue weighted by Crippen LogP contribution is -2.44. The number of carboxylic acids is 1. The Balaban J connectivity index is 2.41. The van der Waals surface area contributed by atoms with Crippen LogP contribution >= 0.6 is 31.9 Å². The molecule has 0 saturated heterocycles. The van der Waals surface area contributed by atoms with E-state index in [1.807, 2.05) is 13.0 Å². The normalized spacial score (nSPS) is 9.95. The molecule has 2 amide bonds. The molecule has 0 unspecified atom stereocenters. The molecule has 9 heteroatoms. The fraction of sp³-hybridized carbons (Fsp3) is 0.308. The van der Waals surface area contributed by atoms with Crippen molar-refractivity contribution in [3.63, 3.8) is 0 Å². The second-order valence-corrected chi connectivity index (χ2v) is 6.06. The van der Waals surface area contributed by atoms with E-state index in [0.29, 0.717) is 10.2 Å². The van der Waals surface area contributed by atoms with Crippen LogP contribution in [-0.2, 0) is 14.4 Å². The highest BCUT2D eigenvalue weighted by Crippen LogP contribution is 2.32. The Labute approximate surface area is 143 Å². The Kier molecular flexibility index (Phi) is 7.33. The number of carboxylic acid groups (broad SMARTS) is 1. The van der Waals surface area contributed by atoms with E-state index in [0.717, 1.165) is 10.0 Å². The number of benzene rings is 1. The number of carbonyl (C=O) groups is 3. The summed E-state index contributed by atoms with van der Waals surface area (Å²) in [5.41, 5.74) is 5.03. The SMILES string of the molecule is Cc1cc(Br)cc(Br)c1OCC(=O)NNC(=O)CCC(=O)[O-]. The Morgan fingerprint density at radius 1 is 1.14 bits per heavy atom. The van der Waals surface area contributed by atoms with Crippen molar-refractivity contribution in [1.82, 2.24) is 10.9 Å². The van der Waals surface area contributed by atoms with Crippen LogP contribution in [0.25, 0.3) is 0 Å². The van der Waals surface area contributed by atoms with E-state index in [1.54, 1.807) is 6.07 Å². The molecule has 1 rings (SSSR count). The van der Waals surface area contributed by atoms with Crippen molar-refractivity contribution in [2.24, 2.45) is 0 Å². The zero-order valence-electron chi connectivity index (χ0n) is 11.6. The molecule has 0 aromatic heterocycles. The second kappa shape index (κ2) is 8.74. The van der Waals surface area contributed by atoms with Crippen LogP contribution in [-0.4, -0.2) is 24.4 Å². The molecule has 0 radical (unpaired) electrons. The first-order valence-electron chi connectivity index (χ1n) is 6.15. The van der Waals surface area contributed by atoms with Crippen molar-refractivity contribution in [2.75, 3.05) is 6.61 Å². The van der Waals surface area contributed by atoms with E-state index in [2.05, 4.69) is 42.7 Å². The zero-order chi connectivity index (χ0) is 16.7. The summed E-state index contributed by atoms with van der Waals surface area (Å²) in [5, 5.41) is 10.2. The van der Waals surface area contributed by atoms with Gasteiger partial charge in [0.25, 0.3) is 5.91 Å². The number of rotatable bonds is 6. The monoisotopic (exact) mass is 435 g/mol. The number of ether oxygens (including phenoxy) is 1. The Morgan fingerprint density at radius 3 is 2.36 bits per heavy atom. The third-order valence-electron chi connectivity index (χ3n) is 2.44. The Hall–Kier alpha value is -1.61. The van der Waals surface area contributed by atoms with E-state index in [4.69, 9.17) is 4.74 Å². The van der Waals surface area contributed by atoms with Crippen LogP contribution in [0, 0.1) is 6.92 Å². The van der Waals surface area contributed by atoms with E-state index < -0.39 is 24.2 Å². The fourth-order valence-electron chi connectivity index (χ4n) is 1.46. The summed E-state index contributed by atoms with van der Waals surface area (Å²) in [6.07, 6.45) is -0.690. The first-order valence-corrected chi connectivity index (χ1v) is 7.74. The standard InChI is InChI=1S/C13H14Br2N2O5/c1-7-4-8(14)5-9(15)13(7)22-6-11(19)17-16-10(18)2-3-12(20)21/h4-5H,2-3,6H2,1H3,(H,16,18)(H,17,19)(H,20,21)/p-1. The molecular formula is C13H13Br2N2O5-. The summed E-state index contributed by atoms with van der Waals surface area (Å²) in [7, 11) is 0. The average Bonchev–Trinajstić information content (AvgIpc) is 2.41. The van der Waals surface area contributed by atoms with Crippen LogP contribution in [0.15, 0.2) is 21.1 Å². The highest BCUT2D eigenvalue weighted by atomic mass is 79.9. The van der Waals surface area contributed by atoms with Gasteiger partial charge >= 0.3 is 0 Å². The van der Waals surface area contributed by atoms with Gasteiger partial charge in [0.05, 0.1) is 4.47 Å². The summed E-state index contributed by atoms with van der Waals surface area (Å²) in [6.45, 7) is 1.52. The molecule has 0 atom stereocenters. The van der Waals surface area contributed by atoms with Gasteiger partial charge in [-0.15, -0.1) is 0 Å². The number of aliphatic carboxylic acids is 1. The molecule has 120 valence electrons. The summed E-state index contributed by atoms with van der Waals surface area (Å²) in [5.74, 6) is -2.02. The quantitative estimate of drug-likeness (QED) is 0.634. The molecule has 0 saturated carbocycles. The van der Waals surface area contributed by atoms with Crippen LogP contribution in [0.3, 0.4) is 0 Å². The van der Waals surface area contributed by atoms with Crippen molar-refractivity contribution in [3.8, 4) is 5.75 Å². The molecule has 0 heterocycles. The largest absolute Gasteiger partial charge is 0.550 e. The lowest BCUT2D eigenvalue weighted by Gasteiger charge is -2.12. The highest BCUT2D eigenvalue weighted by Gasteiger charge is 2.10. The maximum atomic E-state index is 11.5. The minimum absolute atomic E-state index is 0.277. The Morgan fingerprint density at radius 2 is 1.77 bits per heavy atom. The van der Waals surface area contributed by atoms with E-state index in [9.17, 15) is 19.5 Å². The van der Waals surface area contributed by atoms with Crippen LogP contribution in [0.5, 0.6) is 5.75 Å². The van der Waals surface area contributed by atoms with Gasteiger partial charge in [-0.2, -0.15) is 0 Å². The number of hydrogen-bond donors (Lipinski definition) is 2. The van der Waals surface area contributed by atoms with Gasteiger partial charge in [0.2, 0.25) is 5.91 Å². The number of aryl methyl sites for hydroxylation is 1. The van der Waals surface area contributed by atoms with Gasteiger partial charge in [0.1, 0.15) is 5.75 Å². The third kappa shape index (κ3) is 6.44. The highest BCUT2D eigenvalue weighted by molar-refractivity contribution is 9.11. The average molecular weight is 437 g/mol. The summed E-state index contributed by atoms with van der Waals surface area (Å²) in [4.78, 5) is 32.9.